The summed E-state index contributed by atoms with van der Waals surface area (Å²) in [6, 6.07) is 3.73. The van der Waals surface area contributed by atoms with Crippen molar-refractivity contribution in [1.29, 1.82) is 5.26 Å². The van der Waals surface area contributed by atoms with Gasteiger partial charge in [0.15, 0.2) is 11.6 Å². The molecule has 6 heterocycles. The zero-order valence-electron chi connectivity index (χ0n) is 25.6. The topological polar surface area (TPSA) is 121 Å². The first-order valence-electron chi connectivity index (χ1n) is 15.6. The van der Waals surface area contributed by atoms with Crippen LogP contribution in [0.1, 0.15) is 24.8 Å². The van der Waals surface area contributed by atoms with E-state index in [9.17, 15) is 27.6 Å². The molecule has 0 aliphatic carbocycles. The van der Waals surface area contributed by atoms with E-state index in [1.54, 1.807) is 4.90 Å². The number of anilines is 2. The van der Waals surface area contributed by atoms with Crippen molar-refractivity contribution in [2.24, 2.45) is 0 Å². The number of rotatable bonds is 6. The number of amides is 1. The number of nitriles is 1. The maximum atomic E-state index is 17.1. The van der Waals surface area contributed by atoms with Gasteiger partial charge in [0.2, 0.25) is 0 Å². The van der Waals surface area contributed by atoms with Crippen LogP contribution in [0.4, 0.5) is 32.8 Å². The van der Waals surface area contributed by atoms with Crippen LogP contribution in [0.5, 0.6) is 11.8 Å². The zero-order valence-corrected chi connectivity index (χ0v) is 27.2. The highest BCUT2D eigenvalue weighted by Crippen LogP contribution is 2.51. The Morgan fingerprint density at radius 3 is 2.78 bits per heavy atom. The van der Waals surface area contributed by atoms with Gasteiger partial charge in [-0.05, 0) is 31.0 Å². The molecule has 1 unspecified atom stereocenters. The van der Waals surface area contributed by atoms with Gasteiger partial charge >= 0.3 is 12.4 Å². The number of alkyl halides is 3. The number of hydrogen-bond acceptors (Lipinski definition) is 10. The first-order chi connectivity index (χ1) is 23.5. The molecule has 0 saturated carbocycles. The van der Waals surface area contributed by atoms with Gasteiger partial charge < -0.3 is 25.0 Å². The van der Waals surface area contributed by atoms with E-state index >= 15 is 4.39 Å². The van der Waals surface area contributed by atoms with Crippen LogP contribution < -0.4 is 20.1 Å². The Bertz CT molecular complexity index is 2090. The van der Waals surface area contributed by atoms with Crippen molar-refractivity contribution in [2.75, 3.05) is 56.6 Å². The maximum absolute atomic E-state index is 17.1. The van der Waals surface area contributed by atoms with Gasteiger partial charge in [-0.3, -0.25) is 9.69 Å². The number of thiophene rings is 1. The monoisotopic (exact) mass is 719 g/mol. The SMILES string of the molecule is N#Cc1c(N)sc2c(F)ccc(-c3c(Cl)c4c5c(nc(OCC67CCCN6C[C@H](F)C7)nc5c3F)N(C3CN(C(=O)C(F)F)C3)CCO4)c12. The van der Waals surface area contributed by atoms with Crippen LogP contribution in [0.3, 0.4) is 0 Å². The van der Waals surface area contributed by atoms with Crippen LogP contribution in [-0.4, -0.2) is 95.8 Å². The number of nitrogens with two attached hydrogens (primary N) is 1. The predicted molar refractivity (Wildman–Crippen MR) is 172 cm³/mol. The second-order valence-corrected chi connectivity index (χ2v) is 14.2. The molecule has 0 bridgehead atoms. The molecule has 0 spiro atoms. The number of fused-ring (bicyclic) bond motifs is 2. The van der Waals surface area contributed by atoms with E-state index < -0.39 is 41.7 Å². The smallest absolute Gasteiger partial charge is 0.319 e. The Morgan fingerprint density at radius 1 is 1.22 bits per heavy atom. The van der Waals surface area contributed by atoms with Crippen molar-refractivity contribution < 1.29 is 36.2 Å². The third-order valence-electron chi connectivity index (χ3n) is 10.0. The number of nitrogen functional groups attached to an aromatic ring is 1. The first kappa shape index (κ1) is 32.0. The summed E-state index contributed by atoms with van der Waals surface area (Å²) in [7, 11) is 0. The summed E-state index contributed by atoms with van der Waals surface area (Å²) in [4.78, 5) is 25.9. The Hall–Kier alpha value is -4.20. The highest BCUT2D eigenvalue weighted by molar-refractivity contribution is 7.23. The Labute approximate surface area is 284 Å². The fourth-order valence-corrected chi connectivity index (χ4v) is 9.00. The minimum Gasteiger partial charge on any atom is -0.489 e. The number of ether oxygens (including phenoxy) is 2. The first-order valence-corrected chi connectivity index (χ1v) is 16.8. The number of likely N-dealkylation sites (tertiary alicyclic amines) is 1. The second kappa shape index (κ2) is 11.7. The molecule has 2 atom stereocenters. The molecule has 2 N–H and O–H groups in total. The van der Waals surface area contributed by atoms with Crippen molar-refractivity contribution in [3.05, 3.63) is 34.4 Å². The van der Waals surface area contributed by atoms with E-state index in [1.165, 1.54) is 6.07 Å². The summed E-state index contributed by atoms with van der Waals surface area (Å²) >= 11 is 7.78. The number of benzene rings is 2. The largest absolute Gasteiger partial charge is 0.489 e. The lowest BCUT2D eigenvalue weighted by Crippen LogP contribution is -2.63. The van der Waals surface area contributed by atoms with E-state index in [0.717, 1.165) is 35.3 Å². The van der Waals surface area contributed by atoms with Crippen molar-refractivity contribution in [3.8, 4) is 29.0 Å². The second-order valence-electron chi connectivity index (χ2n) is 12.7. The minimum atomic E-state index is -3.15. The molecule has 3 fully saturated rings. The van der Waals surface area contributed by atoms with Gasteiger partial charge in [0.25, 0.3) is 5.91 Å². The number of halogens is 6. The molecule has 1 amide bonds. The molecule has 49 heavy (non-hydrogen) atoms. The number of aromatic nitrogens is 2. The average molecular weight is 720 g/mol. The molecule has 256 valence electrons. The molecular formula is C32H27ClF5N7O3S. The van der Waals surface area contributed by atoms with Gasteiger partial charge in [-0.25, -0.2) is 13.2 Å². The van der Waals surface area contributed by atoms with E-state index in [1.807, 2.05) is 11.0 Å². The summed E-state index contributed by atoms with van der Waals surface area (Å²) in [6.07, 6.45) is -2.33. The Morgan fingerprint density at radius 2 is 2.02 bits per heavy atom. The van der Waals surface area contributed by atoms with Crippen LogP contribution >= 0.6 is 22.9 Å². The zero-order chi connectivity index (χ0) is 34.4. The van der Waals surface area contributed by atoms with Gasteiger partial charge in [-0.2, -0.15) is 24.0 Å². The number of carbonyl (C=O) groups is 1. The molecule has 0 radical (unpaired) electrons. The normalized spacial score (nSPS) is 22.4. The number of carbonyl (C=O) groups excluding carboxylic acids is 1. The van der Waals surface area contributed by atoms with Crippen LogP contribution in [0.25, 0.3) is 32.1 Å². The molecule has 3 saturated heterocycles. The van der Waals surface area contributed by atoms with Crippen LogP contribution in [0.15, 0.2) is 12.1 Å². The van der Waals surface area contributed by atoms with Crippen molar-refractivity contribution in [1.82, 2.24) is 19.8 Å². The predicted octanol–water partition coefficient (Wildman–Crippen LogP) is 5.53. The van der Waals surface area contributed by atoms with Gasteiger partial charge in [-0.15, -0.1) is 11.3 Å². The van der Waals surface area contributed by atoms with Crippen molar-refractivity contribution >= 4 is 60.7 Å². The van der Waals surface area contributed by atoms with Gasteiger partial charge in [-0.1, -0.05) is 17.7 Å². The van der Waals surface area contributed by atoms with Crippen LogP contribution in [0.2, 0.25) is 5.02 Å². The summed E-state index contributed by atoms with van der Waals surface area (Å²) in [5, 5.41) is 9.92. The van der Waals surface area contributed by atoms with Crippen molar-refractivity contribution in [2.45, 2.75) is 43.4 Å². The Balaban J connectivity index is 1.30. The van der Waals surface area contributed by atoms with Crippen LogP contribution in [0, 0.1) is 23.0 Å². The molecule has 8 rings (SSSR count). The fraction of sp³-hybridized carbons (Fsp3) is 0.438. The molecule has 4 aromatic rings. The van der Waals surface area contributed by atoms with Crippen molar-refractivity contribution in [3.63, 3.8) is 0 Å². The Kier molecular flexibility index (Phi) is 7.65. The fourth-order valence-electron chi connectivity index (χ4n) is 7.71. The quantitative estimate of drug-likeness (QED) is 0.257. The maximum Gasteiger partial charge on any atom is 0.319 e. The van der Waals surface area contributed by atoms with Crippen LogP contribution in [-0.2, 0) is 4.79 Å². The summed E-state index contributed by atoms with van der Waals surface area (Å²) in [5.74, 6) is -2.70. The lowest BCUT2D eigenvalue weighted by atomic mass is 9.95. The standard InChI is InChI=1S/C32H27ClF5N7O3S/c33-22-20(16-2-3-18(35)26-19(16)17(9-39)28(40)49-26)23(36)24-21-25(22)47-7-6-45(15-11-43(12-15)30(46)27(37)38)29(21)42-31(41-24)48-13-32-4-1-5-44(32)10-14(34)8-32/h2-3,14-15,27H,1,4-8,10-13,40H2/t14-,32?/m1/s1. The number of hydrogen-bond donors (Lipinski definition) is 1. The molecule has 4 aliphatic heterocycles. The molecule has 10 nitrogen and oxygen atoms in total. The molecule has 4 aliphatic rings. The van der Waals surface area contributed by atoms with Gasteiger partial charge in [0.05, 0.1) is 38.8 Å². The molecule has 17 heteroatoms. The molecule has 2 aromatic heterocycles. The third-order valence-corrected chi connectivity index (χ3v) is 11.4. The summed E-state index contributed by atoms with van der Waals surface area (Å²) in [5.41, 5.74) is 5.08. The summed E-state index contributed by atoms with van der Waals surface area (Å²) in [6.45, 7) is 1.16. The summed E-state index contributed by atoms with van der Waals surface area (Å²) < 4.78 is 85.2. The van der Waals surface area contributed by atoms with E-state index in [4.69, 9.17) is 26.8 Å². The lowest BCUT2D eigenvalue weighted by Gasteiger charge is -2.45. The van der Waals surface area contributed by atoms with E-state index in [2.05, 4.69) is 9.97 Å². The highest BCUT2D eigenvalue weighted by Gasteiger charge is 2.49. The minimum absolute atomic E-state index is 0.00929. The van der Waals surface area contributed by atoms with E-state index in [-0.39, 0.29) is 111 Å². The lowest BCUT2D eigenvalue weighted by molar-refractivity contribution is -0.147. The third kappa shape index (κ3) is 4.91. The number of nitrogens with zero attached hydrogens (tertiary/aromatic N) is 6. The molecule has 2 aromatic carbocycles. The average Bonchev–Trinajstić information content (AvgIpc) is 3.65. The highest BCUT2D eigenvalue weighted by atomic mass is 35.5. The van der Waals surface area contributed by atoms with Gasteiger partial charge in [0, 0.05) is 37.0 Å². The van der Waals surface area contributed by atoms with E-state index in [0.29, 0.717) is 6.42 Å². The molecular weight excluding hydrogens is 693 g/mol. The van der Waals surface area contributed by atoms with Gasteiger partial charge in [0.1, 0.15) is 47.6 Å².